The SMILES string of the molecule is CCCCC(CC)CN1C(=O)c2ccc3c4c(ccc(c24)C1=O)C(=O)N(c1ccccc1C(=O)O)C3=O. The summed E-state index contributed by atoms with van der Waals surface area (Å²) in [6.45, 7) is 4.46. The van der Waals surface area contributed by atoms with Gasteiger partial charge in [0.1, 0.15) is 0 Å². The molecule has 2 heterocycles. The Kier molecular flexibility index (Phi) is 6.11. The van der Waals surface area contributed by atoms with Gasteiger partial charge >= 0.3 is 5.97 Å². The second kappa shape index (κ2) is 9.28. The number of para-hydroxylation sites is 1. The monoisotopic (exact) mass is 498 g/mol. The number of carboxylic acid groups (broad SMARTS) is 1. The van der Waals surface area contributed by atoms with Gasteiger partial charge < -0.3 is 5.11 Å². The molecular weight excluding hydrogens is 472 g/mol. The molecule has 3 aromatic rings. The molecule has 37 heavy (non-hydrogen) atoms. The van der Waals surface area contributed by atoms with Gasteiger partial charge in [0, 0.05) is 39.6 Å². The summed E-state index contributed by atoms with van der Waals surface area (Å²) in [4.78, 5) is 68.0. The van der Waals surface area contributed by atoms with Gasteiger partial charge in [-0.1, -0.05) is 45.2 Å². The zero-order chi connectivity index (χ0) is 26.4. The minimum Gasteiger partial charge on any atom is -0.478 e. The first-order valence-electron chi connectivity index (χ1n) is 12.5. The molecule has 1 unspecified atom stereocenters. The van der Waals surface area contributed by atoms with Gasteiger partial charge in [0.05, 0.1) is 11.3 Å². The summed E-state index contributed by atoms with van der Waals surface area (Å²) in [7, 11) is 0. The molecule has 0 saturated carbocycles. The maximum Gasteiger partial charge on any atom is 0.337 e. The van der Waals surface area contributed by atoms with Crippen LogP contribution >= 0.6 is 0 Å². The van der Waals surface area contributed by atoms with Crippen LogP contribution in [0.25, 0.3) is 10.8 Å². The smallest absolute Gasteiger partial charge is 0.337 e. The molecule has 2 aliphatic heterocycles. The lowest BCUT2D eigenvalue weighted by atomic mass is 9.85. The predicted octanol–water partition coefficient (Wildman–Crippen LogP) is 5.15. The van der Waals surface area contributed by atoms with E-state index < -0.39 is 29.6 Å². The van der Waals surface area contributed by atoms with Crippen LogP contribution < -0.4 is 4.90 Å². The molecule has 188 valence electrons. The number of unbranched alkanes of at least 4 members (excludes halogenated alkanes) is 1. The van der Waals surface area contributed by atoms with Crippen molar-refractivity contribution < 1.29 is 29.1 Å². The van der Waals surface area contributed by atoms with Crippen molar-refractivity contribution in [3.63, 3.8) is 0 Å². The van der Waals surface area contributed by atoms with Gasteiger partial charge in [0.15, 0.2) is 0 Å². The van der Waals surface area contributed by atoms with Crippen LogP contribution in [0.2, 0.25) is 0 Å². The number of rotatable bonds is 8. The highest BCUT2D eigenvalue weighted by Crippen LogP contribution is 2.40. The third-order valence-electron chi connectivity index (χ3n) is 7.34. The van der Waals surface area contributed by atoms with Gasteiger partial charge in [-0.15, -0.1) is 0 Å². The molecule has 0 bridgehead atoms. The Morgan fingerprint density at radius 3 is 1.78 bits per heavy atom. The van der Waals surface area contributed by atoms with Crippen molar-refractivity contribution in [1.29, 1.82) is 0 Å². The summed E-state index contributed by atoms with van der Waals surface area (Å²) in [6, 6.07) is 11.8. The summed E-state index contributed by atoms with van der Waals surface area (Å²) in [6.07, 6.45) is 3.80. The summed E-state index contributed by atoms with van der Waals surface area (Å²) in [5.41, 5.74) is 0.603. The molecule has 1 atom stereocenters. The molecule has 0 radical (unpaired) electrons. The number of nitrogens with zero attached hydrogens (tertiary/aromatic N) is 2. The number of amides is 4. The Morgan fingerprint density at radius 1 is 0.784 bits per heavy atom. The van der Waals surface area contributed by atoms with E-state index in [2.05, 4.69) is 6.92 Å². The average Bonchev–Trinajstić information content (AvgIpc) is 2.90. The van der Waals surface area contributed by atoms with Crippen LogP contribution in [0, 0.1) is 5.92 Å². The Balaban J connectivity index is 1.62. The fourth-order valence-electron chi connectivity index (χ4n) is 5.33. The van der Waals surface area contributed by atoms with E-state index in [-0.39, 0.29) is 44.8 Å². The molecule has 1 N–H and O–H groups in total. The Morgan fingerprint density at radius 2 is 1.30 bits per heavy atom. The molecule has 0 aliphatic carbocycles. The van der Waals surface area contributed by atoms with Crippen molar-refractivity contribution in [1.82, 2.24) is 4.90 Å². The number of hydrogen-bond acceptors (Lipinski definition) is 5. The van der Waals surface area contributed by atoms with E-state index in [0.717, 1.165) is 30.6 Å². The first-order chi connectivity index (χ1) is 17.8. The van der Waals surface area contributed by atoms with Crippen molar-refractivity contribution >= 4 is 46.1 Å². The molecule has 0 spiro atoms. The third-order valence-corrected chi connectivity index (χ3v) is 7.34. The van der Waals surface area contributed by atoms with Crippen molar-refractivity contribution in [2.75, 3.05) is 11.4 Å². The highest BCUT2D eigenvalue weighted by atomic mass is 16.4. The normalized spacial score (nSPS) is 15.5. The molecule has 4 amide bonds. The van der Waals surface area contributed by atoms with Gasteiger partial charge in [0.25, 0.3) is 23.6 Å². The second-order valence-electron chi connectivity index (χ2n) is 9.48. The lowest BCUT2D eigenvalue weighted by molar-refractivity contribution is 0.0577. The predicted molar refractivity (Wildman–Crippen MR) is 137 cm³/mol. The molecule has 3 aromatic carbocycles. The number of anilines is 1. The van der Waals surface area contributed by atoms with Crippen LogP contribution in [0.4, 0.5) is 5.69 Å². The summed E-state index contributed by atoms with van der Waals surface area (Å²) in [5.74, 6) is -3.36. The molecule has 0 saturated heterocycles. The average molecular weight is 499 g/mol. The standard InChI is InChI=1S/C29H26N2O6/c1-3-5-8-16(4-2)15-30-25(32)18-11-13-20-24-21(14-12-19(23(18)24)26(30)33)28(35)31(27(20)34)22-10-7-6-9-17(22)29(36)37/h6-7,9-14,16H,3-5,8,15H2,1-2H3,(H,36,37). The zero-order valence-electron chi connectivity index (χ0n) is 20.6. The molecule has 0 aromatic heterocycles. The van der Waals surface area contributed by atoms with E-state index in [1.54, 1.807) is 6.07 Å². The van der Waals surface area contributed by atoms with Gasteiger partial charge in [-0.2, -0.15) is 0 Å². The van der Waals surface area contributed by atoms with Crippen LogP contribution in [0.15, 0.2) is 48.5 Å². The van der Waals surface area contributed by atoms with Crippen molar-refractivity contribution in [2.24, 2.45) is 5.92 Å². The minimum atomic E-state index is -1.27. The maximum atomic E-state index is 13.6. The molecular formula is C29H26N2O6. The van der Waals surface area contributed by atoms with Crippen LogP contribution in [0.5, 0.6) is 0 Å². The Labute approximate surface area is 213 Å². The van der Waals surface area contributed by atoms with Crippen LogP contribution in [0.3, 0.4) is 0 Å². The second-order valence-corrected chi connectivity index (χ2v) is 9.48. The van der Waals surface area contributed by atoms with Crippen molar-refractivity contribution in [3.8, 4) is 0 Å². The Hall–Kier alpha value is -4.33. The number of aromatic carboxylic acids is 1. The van der Waals surface area contributed by atoms with Gasteiger partial charge in [-0.3, -0.25) is 24.1 Å². The number of hydrogen-bond donors (Lipinski definition) is 1. The van der Waals surface area contributed by atoms with Gasteiger partial charge in [0.2, 0.25) is 0 Å². The van der Waals surface area contributed by atoms with Gasteiger partial charge in [-0.05, 0) is 48.7 Å². The summed E-state index contributed by atoms with van der Waals surface area (Å²) in [5, 5.41) is 10.2. The van der Waals surface area contributed by atoms with Gasteiger partial charge in [-0.25, -0.2) is 9.69 Å². The first kappa shape index (κ1) is 24.4. The van der Waals surface area contributed by atoms with E-state index in [9.17, 15) is 29.1 Å². The first-order valence-corrected chi connectivity index (χ1v) is 12.5. The number of carbonyl (C=O) groups excluding carboxylic acids is 4. The quantitative estimate of drug-likeness (QED) is 0.430. The van der Waals surface area contributed by atoms with Crippen LogP contribution in [-0.4, -0.2) is 46.1 Å². The fraction of sp³-hybridized carbons (Fsp3) is 0.276. The summed E-state index contributed by atoms with van der Waals surface area (Å²) >= 11 is 0. The maximum absolute atomic E-state index is 13.6. The highest BCUT2D eigenvalue weighted by Gasteiger charge is 2.41. The number of benzene rings is 3. The van der Waals surface area contributed by atoms with Crippen molar-refractivity contribution in [2.45, 2.75) is 39.5 Å². The van der Waals surface area contributed by atoms with Crippen LogP contribution in [0.1, 0.15) is 91.3 Å². The highest BCUT2D eigenvalue weighted by molar-refractivity contribution is 6.39. The minimum absolute atomic E-state index is 0.0416. The molecule has 8 heteroatoms. The molecule has 8 nitrogen and oxygen atoms in total. The van der Waals surface area contributed by atoms with E-state index in [0.29, 0.717) is 11.9 Å². The zero-order valence-corrected chi connectivity index (χ0v) is 20.6. The largest absolute Gasteiger partial charge is 0.478 e. The lowest BCUT2D eigenvalue weighted by Crippen LogP contribution is -2.45. The number of carbonyl (C=O) groups is 5. The van der Waals surface area contributed by atoms with E-state index in [1.165, 1.54) is 47.4 Å². The summed E-state index contributed by atoms with van der Waals surface area (Å²) < 4.78 is 0. The molecule has 0 fully saturated rings. The fourth-order valence-corrected chi connectivity index (χ4v) is 5.33. The third kappa shape index (κ3) is 3.71. The van der Waals surface area contributed by atoms with E-state index in [1.807, 2.05) is 6.92 Å². The van der Waals surface area contributed by atoms with Crippen LogP contribution in [-0.2, 0) is 0 Å². The van der Waals surface area contributed by atoms with E-state index >= 15 is 0 Å². The molecule has 2 aliphatic rings. The van der Waals surface area contributed by atoms with Crippen molar-refractivity contribution in [3.05, 3.63) is 76.3 Å². The molecule has 5 rings (SSSR count). The Bertz CT molecular complexity index is 1440. The lowest BCUT2D eigenvalue weighted by Gasteiger charge is -2.33. The number of carboxylic acids is 1. The number of imide groups is 2. The van der Waals surface area contributed by atoms with E-state index in [4.69, 9.17) is 0 Å². The topological polar surface area (TPSA) is 112 Å².